The highest BCUT2D eigenvalue weighted by molar-refractivity contribution is 5.81. The lowest BCUT2D eigenvalue weighted by Gasteiger charge is -2.25. The molecule has 0 saturated carbocycles. The highest BCUT2D eigenvalue weighted by Crippen LogP contribution is 2.13. The second kappa shape index (κ2) is 18.2. The summed E-state index contributed by atoms with van der Waals surface area (Å²) in [5.74, 6) is -2.26. The summed E-state index contributed by atoms with van der Waals surface area (Å²) in [6, 6.07) is 0. The van der Waals surface area contributed by atoms with Gasteiger partial charge in [0, 0.05) is 0 Å². The van der Waals surface area contributed by atoms with Crippen molar-refractivity contribution in [2.45, 2.75) is 115 Å². The lowest BCUT2D eigenvalue weighted by molar-refractivity contribution is -0.152. The molecule has 0 aromatic carbocycles. The van der Waals surface area contributed by atoms with Crippen LogP contribution in [0, 0.1) is 0 Å². The largest absolute Gasteiger partial charge is 0.486 e. The number of ether oxygens (including phenoxy) is 1. The van der Waals surface area contributed by atoms with E-state index in [4.69, 9.17) is 16.2 Å². The van der Waals surface area contributed by atoms with E-state index in [0.29, 0.717) is 0 Å². The summed E-state index contributed by atoms with van der Waals surface area (Å²) in [7, 11) is 0. The third kappa shape index (κ3) is 13.6. The number of nitrogens with two attached hydrogens (primary N) is 2. The summed E-state index contributed by atoms with van der Waals surface area (Å²) >= 11 is 0. The van der Waals surface area contributed by atoms with Gasteiger partial charge in [0.2, 0.25) is 12.0 Å². The Morgan fingerprint density at radius 2 is 1.23 bits per heavy atom. The van der Waals surface area contributed by atoms with E-state index in [0.717, 1.165) is 19.3 Å². The number of aliphatic hydroxyl groups excluding tert-OH is 3. The van der Waals surface area contributed by atoms with E-state index in [1.165, 1.54) is 70.5 Å². The van der Waals surface area contributed by atoms with Crippen LogP contribution in [0.3, 0.4) is 0 Å². The fourth-order valence-corrected chi connectivity index (χ4v) is 3.16. The van der Waals surface area contributed by atoms with Crippen LogP contribution < -0.4 is 11.5 Å². The number of allylic oxidation sites excluding steroid dienone is 1. The Balaban J connectivity index is 3.86. The van der Waals surface area contributed by atoms with Crippen molar-refractivity contribution in [2.75, 3.05) is 0 Å². The van der Waals surface area contributed by atoms with Gasteiger partial charge >= 0.3 is 0 Å². The van der Waals surface area contributed by atoms with Crippen molar-refractivity contribution < 1.29 is 29.6 Å². The van der Waals surface area contributed by atoms with Gasteiger partial charge in [-0.3, -0.25) is 9.59 Å². The van der Waals surface area contributed by atoms with Crippen LogP contribution in [0.5, 0.6) is 0 Å². The van der Waals surface area contributed by atoms with E-state index in [1.807, 2.05) is 0 Å². The second-order valence-corrected chi connectivity index (χ2v) is 7.84. The molecular formula is C22H42N2O6. The lowest BCUT2D eigenvalue weighted by Crippen LogP contribution is -2.53. The van der Waals surface area contributed by atoms with E-state index in [-0.39, 0.29) is 0 Å². The second-order valence-electron chi connectivity index (χ2n) is 7.84. The first-order chi connectivity index (χ1) is 14.3. The van der Waals surface area contributed by atoms with Gasteiger partial charge in [0.25, 0.3) is 5.91 Å². The maximum atomic E-state index is 11.4. The van der Waals surface area contributed by atoms with Gasteiger partial charge in [-0.25, -0.2) is 0 Å². The minimum Gasteiger partial charge on any atom is -0.486 e. The summed E-state index contributed by atoms with van der Waals surface area (Å²) in [5.41, 5.74) is 10.0. The van der Waals surface area contributed by atoms with Crippen molar-refractivity contribution in [3.63, 3.8) is 0 Å². The minimum atomic E-state index is -2.03. The van der Waals surface area contributed by atoms with Crippen molar-refractivity contribution in [3.8, 4) is 0 Å². The number of rotatable bonds is 20. The SMILES string of the molecule is CCCCCCCCCCCCCC/C=C/O[C@@H](C(N)=O)[C@@H](O)[C@H](O)[C@H](O)C(N)=O. The first-order valence-electron chi connectivity index (χ1n) is 11.3. The predicted octanol–water partition coefficient (Wildman–Crippen LogP) is 2.03. The number of unbranched alkanes of at least 4 members (excludes halogenated alkanes) is 12. The summed E-state index contributed by atoms with van der Waals surface area (Å²) in [6.07, 6.45) is 11.3. The van der Waals surface area contributed by atoms with Gasteiger partial charge in [-0.1, -0.05) is 77.6 Å². The molecule has 2 amide bonds. The average Bonchev–Trinajstić information content (AvgIpc) is 2.71. The first kappa shape index (κ1) is 28.4. The van der Waals surface area contributed by atoms with Crippen molar-refractivity contribution in [2.24, 2.45) is 11.5 Å². The number of primary amides is 2. The molecule has 8 heteroatoms. The third-order valence-corrected chi connectivity index (χ3v) is 5.10. The molecule has 30 heavy (non-hydrogen) atoms. The Hall–Kier alpha value is -1.64. The van der Waals surface area contributed by atoms with Gasteiger partial charge in [0.1, 0.15) is 12.2 Å². The van der Waals surface area contributed by atoms with E-state index in [2.05, 4.69) is 6.92 Å². The number of hydrogen-bond donors (Lipinski definition) is 5. The Morgan fingerprint density at radius 3 is 1.67 bits per heavy atom. The number of amides is 2. The molecule has 0 rings (SSSR count). The van der Waals surface area contributed by atoms with Crippen molar-refractivity contribution in [1.82, 2.24) is 0 Å². The smallest absolute Gasteiger partial charge is 0.261 e. The predicted molar refractivity (Wildman–Crippen MR) is 116 cm³/mol. The number of aliphatic hydroxyl groups is 3. The number of carbonyl (C=O) groups is 2. The van der Waals surface area contributed by atoms with Crippen LogP contribution in [-0.4, -0.2) is 51.5 Å². The van der Waals surface area contributed by atoms with Gasteiger partial charge in [-0.05, 0) is 18.9 Å². The Morgan fingerprint density at radius 1 is 0.767 bits per heavy atom. The monoisotopic (exact) mass is 430 g/mol. The molecule has 176 valence electrons. The van der Waals surface area contributed by atoms with Crippen LogP contribution in [0.2, 0.25) is 0 Å². The molecule has 0 unspecified atom stereocenters. The van der Waals surface area contributed by atoms with Gasteiger partial charge in [-0.15, -0.1) is 0 Å². The fraction of sp³-hybridized carbons (Fsp3) is 0.818. The van der Waals surface area contributed by atoms with Gasteiger partial charge in [-0.2, -0.15) is 0 Å². The molecule has 0 spiro atoms. The molecule has 0 aliphatic rings. The maximum Gasteiger partial charge on any atom is 0.261 e. The van der Waals surface area contributed by atoms with Gasteiger partial charge in [0.15, 0.2) is 6.10 Å². The third-order valence-electron chi connectivity index (χ3n) is 5.10. The topological polar surface area (TPSA) is 156 Å². The van der Waals surface area contributed by atoms with Crippen LogP contribution in [0.15, 0.2) is 12.3 Å². The Labute approximate surface area is 180 Å². The standard InChI is InChI=1S/C22H42N2O6/c1-2-3-4-5-6-7-8-9-10-11-12-13-14-15-16-30-20(22(24)29)18(26)17(25)19(27)21(23)28/h15-20,25-27H,2-14H2,1H3,(H2,23,28)(H2,24,29)/b16-15+/t17-,18-,19-,20+/m0/s1. The molecule has 4 atom stereocenters. The zero-order valence-electron chi connectivity index (χ0n) is 18.4. The molecule has 0 bridgehead atoms. The van der Waals surface area contributed by atoms with Crippen molar-refractivity contribution >= 4 is 11.8 Å². The Bertz CT molecular complexity index is 486. The van der Waals surface area contributed by atoms with Crippen molar-refractivity contribution in [1.29, 1.82) is 0 Å². The molecular weight excluding hydrogens is 388 g/mol. The van der Waals surface area contributed by atoms with E-state index in [9.17, 15) is 24.9 Å². The van der Waals surface area contributed by atoms with Crippen LogP contribution in [0.4, 0.5) is 0 Å². The minimum absolute atomic E-state index is 0.742. The fourth-order valence-electron chi connectivity index (χ4n) is 3.16. The molecule has 8 nitrogen and oxygen atoms in total. The molecule has 0 heterocycles. The average molecular weight is 431 g/mol. The molecule has 0 aromatic heterocycles. The van der Waals surface area contributed by atoms with E-state index in [1.54, 1.807) is 6.08 Å². The maximum absolute atomic E-state index is 11.4. The van der Waals surface area contributed by atoms with Crippen LogP contribution in [0.1, 0.15) is 90.4 Å². The quantitative estimate of drug-likeness (QED) is 0.147. The van der Waals surface area contributed by atoms with Gasteiger partial charge < -0.3 is 31.5 Å². The van der Waals surface area contributed by atoms with Gasteiger partial charge in [0.05, 0.1) is 6.26 Å². The van der Waals surface area contributed by atoms with Crippen molar-refractivity contribution in [3.05, 3.63) is 12.3 Å². The molecule has 0 aliphatic carbocycles. The molecule has 0 aromatic rings. The molecule has 0 saturated heterocycles. The highest BCUT2D eigenvalue weighted by atomic mass is 16.5. The number of carbonyl (C=O) groups excluding carboxylic acids is 2. The lowest BCUT2D eigenvalue weighted by atomic mass is 10.0. The summed E-state index contributed by atoms with van der Waals surface area (Å²) in [4.78, 5) is 22.3. The highest BCUT2D eigenvalue weighted by Gasteiger charge is 2.37. The van der Waals surface area contributed by atoms with Crippen LogP contribution in [0.25, 0.3) is 0 Å². The van der Waals surface area contributed by atoms with Crippen LogP contribution in [-0.2, 0) is 14.3 Å². The molecule has 0 fully saturated rings. The summed E-state index contributed by atoms with van der Waals surface area (Å²) < 4.78 is 5.10. The summed E-state index contributed by atoms with van der Waals surface area (Å²) in [5, 5.41) is 29.0. The zero-order valence-corrected chi connectivity index (χ0v) is 18.4. The molecule has 0 aliphatic heterocycles. The summed E-state index contributed by atoms with van der Waals surface area (Å²) in [6.45, 7) is 2.23. The molecule has 0 radical (unpaired) electrons. The number of hydrogen-bond acceptors (Lipinski definition) is 6. The van der Waals surface area contributed by atoms with E-state index < -0.39 is 36.2 Å². The van der Waals surface area contributed by atoms with Crippen LogP contribution >= 0.6 is 0 Å². The zero-order chi connectivity index (χ0) is 22.8. The normalized spacial score (nSPS) is 15.6. The van der Waals surface area contributed by atoms with E-state index >= 15 is 0 Å². The Kier molecular flexibility index (Phi) is 17.2. The molecule has 7 N–H and O–H groups in total. The first-order valence-corrected chi connectivity index (χ1v) is 11.3.